The number of carboxylic acid groups (broad SMARTS) is 1. The van der Waals surface area contributed by atoms with Gasteiger partial charge in [0, 0.05) is 6.61 Å². The zero-order chi connectivity index (χ0) is 13.3. The molecule has 0 aromatic rings. The molecule has 0 aliphatic carbocycles. The molecule has 1 atom stereocenters. The van der Waals surface area contributed by atoms with Crippen molar-refractivity contribution in [2.24, 2.45) is 0 Å². The van der Waals surface area contributed by atoms with Crippen LogP contribution in [-0.2, 0) is 14.3 Å². The van der Waals surface area contributed by atoms with E-state index < -0.39 is 11.5 Å². The van der Waals surface area contributed by atoms with E-state index in [4.69, 9.17) is 14.6 Å². The van der Waals surface area contributed by atoms with E-state index in [9.17, 15) is 4.79 Å². The SMILES string of the molecule is CCNC(C)(CCOCCOC(C)C)C(=O)O. The van der Waals surface area contributed by atoms with Gasteiger partial charge in [0.2, 0.25) is 0 Å². The molecule has 0 bridgehead atoms. The largest absolute Gasteiger partial charge is 0.480 e. The average molecular weight is 247 g/mol. The molecule has 0 amide bonds. The topological polar surface area (TPSA) is 67.8 Å². The molecule has 1 unspecified atom stereocenters. The predicted molar refractivity (Wildman–Crippen MR) is 66.2 cm³/mol. The second-order valence-corrected chi connectivity index (χ2v) is 4.45. The molecule has 5 nitrogen and oxygen atoms in total. The Balaban J connectivity index is 3.73. The first-order valence-corrected chi connectivity index (χ1v) is 6.10. The fourth-order valence-corrected chi connectivity index (χ4v) is 1.38. The zero-order valence-corrected chi connectivity index (χ0v) is 11.3. The van der Waals surface area contributed by atoms with Gasteiger partial charge in [-0.1, -0.05) is 6.92 Å². The number of rotatable bonds is 10. The van der Waals surface area contributed by atoms with E-state index in [2.05, 4.69) is 5.32 Å². The summed E-state index contributed by atoms with van der Waals surface area (Å²) in [5, 5.41) is 12.1. The molecule has 0 rings (SSSR count). The van der Waals surface area contributed by atoms with E-state index in [-0.39, 0.29) is 6.10 Å². The molecule has 0 radical (unpaired) electrons. The fraction of sp³-hybridized carbons (Fsp3) is 0.917. The van der Waals surface area contributed by atoms with Crippen LogP contribution in [0.15, 0.2) is 0 Å². The van der Waals surface area contributed by atoms with Crippen LogP contribution in [0.4, 0.5) is 0 Å². The fourth-order valence-electron chi connectivity index (χ4n) is 1.38. The summed E-state index contributed by atoms with van der Waals surface area (Å²) in [6.45, 7) is 9.57. The predicted octanol–water partition coefficient (Wildman–Crippen LogP) is 1.27. The van der Waals surface area contributed by atoms with Gasteiger partial charge in [0.15, 0.2) is 0 Å². The standard InChI is InChI=1S/C12H25NO4/c1-5-13-12(4,11(14)15)6-7-16-8-9-17-10(2)3/h10,13H,5-9H2,1-4H3,(H,14,15). The minimum absolute atomic E-state index is 0.199. The first-order chi connectivity index (χ1) is 7.92. The number of hydrogen-bond donors (Lipinski definition) is 2. The lowest BCUT2D eigenvalue weighted by molar-refractivity contribution is -0.145. The maximum atomic E-state index is 11.1. The Labute approximate surface area is 103 Å². The number of nitrogens with one attached hydrogen (secondary N) is 1. The van der Waals surface area contributed by atoms with Gasteiger partial charge in [-0.3, -0.25) is 4.79 Å². The Morgan fingerprint density at radius 3 is 2.47 bits per heavy atom. The van der Waals surface area contributed by atoms with Gasteiger partial charge in [-0.05, 0) is 33.7 Å². The highest BCUT2D eigenvalue weighted by Gasteiger charge is 2.31. The Morgan fingerprint density at radius 1 is 1.35 bits per heavy atom. The molecule has 0 aliphatic rings. The molecule has 102 valence electrons. The van der Waals surface area contributed by atoms with Gasteiger partial charge in [-0.25, -0.2) is 0 Å². The number of aliphatic carboxylic acids is 1. The minimum atomic E-state index is -0.909. The number of ether oxygens (including phenoxy) is 2. The summed E-state index contributed by atoms with van der Waals surface area (Å²) >= 11 is 0. The third kappa shape index (κ3) is 7.31. The Morgan fingerprint density at radius 2 is 2.00 bits per heavy atom. The molecule has 17 heavy (non-hydrogen) atoms. The van der Waals surface area contributed by atoms with Gasteiger partial charge in [0.05, 0.1) is 19.3 Å². The Kier molecular flexibility index (Phi) is 8.12. The van der Waals surface area contributed by atoms with Crippen molar-refractivity contribution >= 4 is 5.97 Å². The summed E-state index contributed by atoms with van der Waals surface area (Å²) in [5.74, 6) is -0.846. The smallest absolute Gasteiger partial charge is 0.323 e. The molecule has 0 heterocycles. The lowest BCUT2D eigenvalue weighted by Crippen LogP contribution is -2.50. The van der Waals surface area contributed by atoms with Crippen LogP contribution >= 0.6 is 0 Å². The molecule has 5 heteroatoms. The molecular weight excluding hydrogens is 222 g/mol. The lowest BCUT2D eigenvalue weighted by Gasteiger charge is -2.25. The van der Waals surface area contributed by atoms with Gasteiger partial charge in [0.1, 0.15) is 5.54 Å². The third-order valence-corrected chi connectivity index (χ3v) is 2.46. The molecule has 0 saturated heterocycles. The Bertz CT molecular complexity index is 221. The number of carboxylic acids is 1. The van der Waals surface area contributed by atoms with Crippen LogP contribution in [0.2, 0.25) is 0 Å². The van der Waals surface area contributed by atoms with Crippen LogP contribution in [0.25, 0.3) is 0 Å². The molecule has 0 fully saturated rings. The summed E-state index contributed by atoms with van der Waals surface area (Å²) in [7, 11) is 0. The average Bonchev–Trinajstić information content (AvgIpc) is 2.23. The van der Waals surface area contributed by atoms with Gasteiger partial charge < -0.3 is 19.9 Å². The second kappa shape index (κ2) is 8.44. The lowest BCUT2D eigenvalue weighted by atomic mass is 9.99. The number of likely N-dealkylation sites (N-methyl/N-ethyl adjacent to an activating group) is 1. The second-order valence-electron chi connectivity index (χ2n) is 4.45. The van der Waals surface area contributed by atoms with Crippen LogP contribution in [-0.4, -0.2) is 49.1 Å². The highest BCUT2D eigenvalue weighted by molar-refractivity contribution is 5.78. The van der Waals surface area contributed by atoms with Crippen molar-refractivity contribution in [1.82, 2.24) is 5.32 Å². The summed E-state index contributed by atoms with van der Waals surface area (Å²) in [6, 6.07) is 0. The highest BCUT2D eigenvalue weighted by Crippen LogP contribution is 2.09. The molecule has 0 spiro atoms. The van der Waals surface area contributed by atoms with E-state index in [1.54, 1.807) is 6.92 Å². The van der Waals surface area contributed by atoms with E-state index in [1.165, 1.54) is 0 Å². The van der Waals surface area contributed by atoms with E-state index in [1.807, 2.05) is 20.8 Å². The van der Waals surface area contributed by atoms with Crippen molar-refractivity contribution in [1.29, 1.82) is 0 Å². The first kappa shape index (κ1) is 16.4. The van der Waals surface area contributed by atoms with Gasteiger partial charge in [-0.15, -0.1) is 0 Å². The summed E-state index contributed by atoms with van der Waals surface area (Å²) < 4.78 is 10.7. The monoisotopic (exact) mass is 247 g/mol. The third-order valence-electron chi connectivity index (χ3n) is 2.46. The van der Waals surface area contributed by atoms with Gasteiger partial charge >= 0.3 is 5.97 Å². The molecule has 0 aromatic carbocycles. The zero-order valence-electron chi connectivity index (χ0n) is 11.3. The molecule has 0 saturated carbocycles. The number of carbonyl (C=O) groups is 1. The molecule has 0 aliphatic heterocycles. The summed E-state index contributed by atoms with van der Waals surface area (Å²) in [5.41, 5.74) is -0.909. The molecule has 0 aromatic heterocycles. The van der Waals surface area contributed by atoms with Crippen molar-refractivity contribution in [2.45, 2.75) is 45.8 Å². The maximum absolute atomic E-state index is 11.1. The minimum Gasteiger partial charge on any atom is -0.480 e. The van der Waals surface area contributed by atoms with Gasteiger partial charge in [0.25, 0.3) is 0 Å². The van der Waals surface area contributed by atoms with Crippen LogP contribution in [0, 0.1) is 0 Å². The van der Waals surface area contributed by atoms with Crippen LogP contribution in [0.3, 0.4) is 0 Å². The van der Waals surface area contributed by atoms with Crippen LogP contribution in [0.5, 0.6) is 0 Å². The Hall–Kier alpha value is -0.650. The van der Waals surface area contributed by atoms with Crippen molar-refractivity contribution in [2.75, 3.05) is 26.4 Å². The van der Waals surface area contributed by atoms with Crippen molar-refractivity contribution in [3.8, 4) is 0 Å². The van der Waals surface area contributed by atoms with E-state index in [0.29, 0.717) is 32.8 Å². The molecular formula is C12H25NO4. The first-order valence-electron chi connectivity index (χ1n) is 6.10. The van der Waals surface area contributed by atoms with E-state index >= 15 is 0 Å². The van der Waals surface area contributed by atoms with Crippen molar-refractivity contribution in [3.63, 3.8) is 0 Å². The van der Waals surface area contributed by atoms with E-state index in [0.717, 1.165) is 0 Å². The quantitative estimate of drug-likeness (QED) is 0.569. The maximum Gasteiger partial charge on any atom is 0.323 e. The highest BCUT2D eigenvalue weighted by atomic mass is 16.5. The van der Waals surface area contributed by atoms with Crippen molar-refractivity contribution in [3.05, 3.63) is 0 Å². The van der Waals surface area contributed by atoms with Crippen molar-refractivity contribution < 1.29 is 19.4 Å². The van der Waals surface area contributed by atoms with Crippen LogP contribution in [0.1, 0.15) is 34.1 Å². The van der Waals surface area contributed by atoms with Crippen LogP contribution < -0.4 is 5.32 Å². The number of hydrogen-bond acceptors (Lipinski definition) is 4. The summed E-state index contributed by atoms with van der Waals surface area (Å²) in [4.78, 5) is 11.1. The normalized spacial score (nSPS) is 14.9. The van der Waals surface area contributed by atoms with Gasteiger partial charge in [-0.2, -0.15) is 0 Å². The molecule has 2 N–H and O–H groups in total. The summed E-state index contributed by atoms with van der Waals surface area (Å²) in [6.07, 6.45) is 0.641.